The summed E-state index contributed by atoms with van der Waals surface area (Å²) in [5.41, 5.74) is -0.508. The SMILES string of the molecule is CCC[CH2][Sn]([CH2]CCC)([CH2]CCC)[c]1cnc(N(C)C(=O)OC(C)(C)C)n1C. The number of amides is 1. The average Bonchev–Trinajstić information content (AvgIpc) is 3.01. The predicted molar refractivity (Wildman–Crippen MR) is 122 cm³/mol. The second-order valence-electron chi connectivity index (χ2n) is 9.13. The van der Waals surface area contributed by atoms with Crippen LogP contribution in [0.15, 0.2) is 6.20 Å². The summed E-state index contributed by atoms with van der Waals surface area (Å²) in [6, 6.07) is 0. The number of nitrogens with zero attached hydrogens (tertiary/aromatic N) is 3. The van der Waals surface area contributed by atoms with Crippen LogP contribution in [0, 0.1) is 0 Å². The molecule has 0 bridgehead atoms. The van der Waals surface area contributed by atoms with Crippen LogP contribution in [0.3, 0.4) is 0 Å². The van der Waals surface area contributed by atoms with E-state index >= 15 is 0 Å². The van der Waals surface area contributed by atoms with Crippen LogP contribution in [0.4, 0.5) is 10.7 Å². The van der Waals surface area contributed by atoms with E-state index in [-0.39, 0.29) is 6.09 Å². The average molecular weight is 500 g/mol. The number of carbonyl (C=O) groups excluding carboxylic acids is 1. The van der Waals surface area contributed by atoms with Crippen LogP contribution >= 0.6 is 0 Å². The van der Waals surface area contributed by atoms with Crippen molar-refractivity contribution in [1.82, 2.24) is 9.55 Å². The first-order valence-electron chi connectivity index (χ1n) is 11.1. The van der Waals surface area contributed by atoms with E-state index in [9.17, 15) is 4.79 Å². The maximum atomic E-state index is 12.6. The van der Waals surface area contributed by atoms with Gasteiger partial charge in [-0.3, -0.25) is 0 Å². The predicted octanol–water partition coefficient (Wildman–Crippen LogP) is 5.85. The molecule has 0 unspecified atom stereocenters. The van der Waals surface area contributed by atoms with Gasteiger partial charge in [-0.15, -0.1) is 0 Å². The number of hydrogen-bond donors (Lipinski definition) is 0. The van der Waals surface area contributed by atoms with Gasteiger partial charge in [0.15, 0.2) is 0 Å². The first kappa shape index (κ1) is 25.3. The third-order valence-corrected chi connectivity index (χ3v) is 21.2. The first-order valence-corrected chi connectivity index (χ1v) is 18.6. The van der Waals surface area contributed by atoms with Crippen LogP contribution < -0.4 is 8.61 Å². The van der Waals surface area contributed by atoms with Gasteiger partial charge in [0.2, 0.25) is 0 Å². The van der Waals surface area contributed by atoms with E-state index in [0.717, 1.165) is 0 Å². The number of unbranched alkanes of at least 4 members (excludes halogenated alkanes) is 3. The summed E-state index contributed by atoms with van der Waals surface area (Å²) < 4.78 is 13.4. The van der Waals surface area contributed by atoms with Crippen molar-refractivity contribution >= 4 is 34.1 Å². The number of aromatic nitrogens is 2. The molecule has 0 aliphatic carbocycles. The monoisotopic (exact) mass is 501 g/mol. The number of rotatable bonds is 11. The molecule has 0 fully saturated rings. The molecule has 0 aliphatic heterocycles. The van der Waals surface area contributed by atoms with Gasteiger partial charge in [0, 0.05) is 0 Å². The summed E-state index contributed by atoms with van der Waals surface area (Å²) in [5, 5.41) is 0. The van der Waals surface area contributed by atoms with Gasteiger partial charge >= 0.3 is 177 Å². The Kier molecular flexibility index (Phi) is 10.4. The molecule has 0 spiro atoms. The fourth-order valence-electron chi connectivity index (χ4n) is 3.92. The van der Waals surface area contributed by atoms with E-state index in [1.165, 1.54) is 55.5 Å². The number of carbonyl (C=O) groups is 1. The van der Waals surface area contributed by atoms with Gasteiger partial charge in [0.05, 0.1) is 0 Å². The molecule has 0 atom stereocenters. The Balaban J connectivity index is 3.25. The maximum absolute atomic E-state index is 12.6. The fourth-order valence-corrected chi connectivity index (χ4v) is 20.4. The van der Waals surface area contributed by atoms with Crippen LogP contribution in [0.1, 0.15) is 80.1 Å². The van der Waals surface area contributed by atoms with Gasteiger partial charge in [-0.2, -0.15) is 0 Å². The Morgan fingerprint density at radius 1 is 1.07 bits per heavy atom. The van der Waals surface area contributed by atoms with Gasteiger partial charge in [0.1, 0.15) is 0 Å². The zero-order chi connectivity index (χ0) is 21.4. The summed E-state index contributed by atoms with van der Waals surface area (Å²) in [6.07, 6.45) is 9.43. The number of anilines is 1. The van der Waals surface area contributed by atoms with Crippen molar-refractivity contribution in [3.05, 3.63) is 6.20 Å². The molecule has 0 aromatic carbocycles. The number of hydrogen-bond acceptors (Lipinski definition) is 3. The molecule has 5 nitrogen and oxygen atoms in total. The van der Waals surface area contributed by atoms with Gasteiger partial charge < -0.3 is 0 Å². The molecule has 1 aromatic heterocycles. The molecule has 0 saturated carbocycles. The third kappa shape index (κ3) is 6.96. The van der Waals surface area contributed by atoms with Crippen LogP contribution in [-0.4, -0.2) is 46.7 Å². The van der Waals surface area contributed by atoms with Crippen molar-refractivity contribution in [3.8, 4) is 0 Å². The van der Waals surface area contributed by atoms with Crippen LogP contribution in [-0.2, 0) is 11.8 Å². The molecule has 1 amide bonds. The molecular formula is C22H43N3O2Sn. The number of ether oxygens (including phenoxy) is 1. The Morgan fingerprint density at radius 3 is 1.93 bits per heavy atom. The summed E-state index contributed by atoms with van der Waals surface area (Å²) >= 11 is -2.59. The molecule has 28 heavy (non-hydrogen) atoms. The Labute approximate surface area is 177 Å². The van der Waals surface area contributed by atoms with E-state index in [1.807, 2.05) is 20.8 Å². The molecule has 1 aromatic rings. The topological polar surface area (TPSA) is 47.4 Å². The van der Waals surface area contributed by atoms with E-state index in [4.69, 9.17) is 9.72 Å². The second kappa shape index (κ2) is 11.5. The molecule has 1 heterocycles. The van der Waals surface area contributed by atoms with Crippen molar-refractivity contribution in [2.75, 3.05) is 11.9 Å². The standard InChI is InChI=1S/C10H16N3O2.3C4H9.Sn/c1-10(2,3)15-9(14)13(5)8-11-6-7-12(8)4;3*1-3-4-2;/h6H,1-5H3;3*1,3-4H2,2H3;. The van der Waals surface area contributed by atoms with Crippen molar-refractivity contribution in [2.24, 2.45) is 7.05 Å². The van der Waals surface area contributed by atoms with Gasteiger partial charge in [0.25, 0.3) is 0 Å². The van der Waals surface area contributed by atoms with Crippen LogP contribution in [0.5, 0.6) is 0 Å². The molecule has 0 N–H and O–H groups in total. The van der Waals surface area contributed by atoms with Gasteiger partial charge in [-0.05, 0) is 0 Å². The molecule has 1 rings (SSSR count). The van der Waals surface area contributed by atoms with Gasteiger partial charge in [-0.1, -0.05) is 0 Å². The minimum absolute atomic E-state index is 0.343. The fraction of sp³-hybridized carbons (Fsp3) is 0.818. The normalized spacial score (nSPS) is 12.3. The summed E-state index contributed by atoms with van der Waals surface area (Å²) in [4.78, 5) is 18.8. The quantitative estimate of drug-likeness (QED) is 0.359. The molecule has 6 heteroatoms. The third-order valence-electron chi connectivity index (χ3n) is 5.50. The Bertz CT molecular complexity index is 586. The van der Waals surface area contributed by atoms with Gasteiger partial charge in [-0.25, -0.2) is 0 Å². The van der Waals surface area contributed by atoms with E-state index in [2.05, 4.69) is 38.6 Å². The molecular weight excluding hydrogens is 457 g/mol. The Morgan fingerprint density at radius 2 is 1.54 bits per heavy atom. The van der Waals surface area contributed by atoms with Crippen LogP contribution in [0.25, 0.3) is 0 Å². The summed E-state index contributed by atoms with van der Waals surface area (Å²) in [6.45, 7) is 12.6. The van der Waals surface area contributed by atoms with E-state index < -0.39 is 24.0 Å². The molecule has 0 radical (unpaired) electrons. The van der Waals surface area contributed by atoms with Crippen molar-refractivity contribution in [1.29, 1.82) is 0 Å². The molecule has 0 saturated heterocycles. The van der Waals surface area contributed by atoms with E-state index in [0.29, 0.717) is 5.95 Å². The minimum atomic E-state index is -2.59. The first-order chi connectivity index (χ1) is 13.1. The van der Waals surface area contributed by atoms with Crippen molar-refractivity contribution in [2.45, 2.75) is 99.0 Å². The summed E-state index contributed by atoms with van der Waals surface area (Å²) in [5.74, 6) is 0.704. The zero-order valence-corrected chi connectivity index (χ0v) is 22.5. The Hall–Kier alpha value is -0.721. The van der Waals surface area contributed by atoms with Crippen molar-refractivity contribution in [3.63, 3.8) is 0 Å². The zero-order valence-electron chi connectivity index (χ0n) is 19.6. The number of imidazole rings is 1. The molecule has 0 aliphatic rings. The summed E-state index contributed by atoms with van der Waals surface area (Å²) in [7, 11) is 3.86. The molecule has 162 valence electrons. The van der Waals surface area contributed by atoms with Crippen molar-refractivity contribution < 1.29 is 9.53 Å². The van der Waals surface area contributed by atoms with Crippen LogP contribution in [0.2, 0.25) is 13.3 Å². The second-order valence-corrected chi connectivity index (χ2v) is 22.2. The van der Waals surface area contributed by atoms with E-state index in [1.54, 1.807) is 11.9 Å².